The summed E-state index contributed by atoms with van der Waals surface area (Å²) >= 11 is 0. The van der Waals surface area contributed by atoms with Gasteiger partial charge in [-0.25, -0.2) is 9.59 Å². The van der Waals surface area contributed by atoms with Gasteiger partial charge in [-0.3, -0.25) is 4.90 Å². The Bertz CT molecular complexity index is 700. The summed E-state index contributed by atoms with van der Waals surface area (Å²) in [6.45, 7) is -0.0258. The van der Waals surface area contributed by atoms with E-state index in [0.717, 1.165) is 5.56 Å². The highest BCUT2D eigenvalue weighted by Gasteiger charge is 2.44. The van der Waals surface area contributed by atoms with Crippen molar-refractivity contribution in [3.63, 3.8) is 0 Å². The molecule has 6 atom stereocenters. The molecule has 0 aromatic heterocycles. The Morgan fingerprint density at radius 3 is 2.48 bits per heavy atom. The van der Waals surface area contributed by atoms with Crippen molar-refractivity contribution in [2.45, 2.75) is 56.2 Å². The number of aliphatic hydroxyl groups is 4. The molecular weight excluding hydrogens is 386 g/mol. The first-order valence-electron chi connectivity index (χ1n) is 9.40. The van der Waals surface area contributed by atoms with Gasteiger partial charge < -0.3 is 34.6 Å². The molecule has 2 heterocycles. The molecular formula is C19H25NO9. The quantitative estimate of drug-likeness (QED) is 0.454. The first-order valence-corrected chi connectivity index (χ1v) is 9.40. The van der Waals surface area contributed by atoms with Crippen molar-refractivity contribution in [2.24, 2.45) is 0 Å². The molecule has 0 unspecified atom stereocenters. The summed E-state index contributed by atoms with van der Waals surface area (Å²) in [5.74, 6) is -0.704. The molecule has 2 aliphatic rings. The van der Waals surface area contributed by atoms with Crippen LogP contribution in [-0.4, -0.2) is 87.3 Å². The molecule has 160 valence electrons. The van der Waals surface area contributed by atoms with Gasteiger partial charge in [-0.2, -0.15) is 0 Å². The van der Waals surface area contributed by atoms with E-state index in [0.29, 0.717) is 19.4 Å². The number of hydrogen-bond acceptors (Lipinski definition) is 9. The number of likely N-dealkylation sites (tertiary alicyclic amines) is 1. The van der Waals surface area contributed by atoms with E-state index >= 15 is 0 Å². The normalized spacial score (nSPS) is 32.1. The van der Waals surface area contributed by atoms with E-state index in [4.69, 9.17) is 14.2 Å². The summed E-state index contributed by atoms with van der Waals surface area (Å²) in [6.07, 6.45) is -7.41. The molecule has 10 heteroatoms. The molecule has 0 aliphatic carbocycles. The van der Waals surface area contributed by atoms with Crippen molar-refractivity contribution in [1.82, 2.24) is 4.90 Å². The predicted octanol–water partition coefficient (Wildman–Crippen LogP) is -0.869. The van der Waals surface area contributed by atoms with Crippen LogP contribution in [0, 0.1) is 0 Å². The van der Waals surface area contributed by atoms with Gasteiger partial charge in [0.05, 0.1) is 0 Å². The summed E-state index contributed by atoms with van der Waals surface area (Å²) in [7, 11) is 0. The number of aliphatic hydroxyl groups excluding tert-OH is 4. The Balaban J connectivity index is 1.51. The molecule has 2 fully saturated rings. The molecule has 0 bridgehead atoms. The number of esters is 1. The van der Waals surface area contributed by atoms with Crippen molar-refractivity contribution in [2.75, 3.05) is 13.2 Å². The van der Waals surface area contributed by atoms with E-state index in [2.05, 4.69) is 0 Å². The van der Waals surface area contributed by atoms with Crippen LogP contribution in [0.4, 0.5) is 4.79 Å². The third-order valence-corrected chi connectivity index (χ3v) is 5.04. The van der Waals surface area contributed by atoms with Crippen LogP contribution in [0.25, 0.3) is 0 Å². The topological polar surface area (TPSA) is 146 Å². The van der Waals surface area contributed by atoms with Gasteiger partial charge in [-0.1, -0.05) is 30.3 Å². The zero-order chi connectivity index (χ0) is 21.0. The number of nitrogens with zero attached hydrogens (tertiary/aromatic N) is 1. The van der Waals surface area contributed by atoms with Crippen molar-refractivity contribution in [3.05, 3.63) is 35.9 Å². The van der Waals surface area contributed by atoms with Gasteiger partial charge in [0.25, 0.3) is 0 Å². The average Bonchev–Trinajstić information content (AvgIpc) is 3.23. The molecule has 1 amide bonds. The minimum Gasteiger partial charge on any atom is -0.461 e. The molecule has 10 nitrogen and oxygen atoms in total. The maximum absolute atomic E-state index is 12.4. The molecule has 2 saturated heterocycles. The lowest BCUT2D eigenvalue weighted by atomic mass is 9.99. The van der Waals surface area contributed by atoms with Crippen LogP contribution in [0.2, 0.25) is 0 Å². The zero-order valence-electron chi connectivity index (χ0n) is 15.7. The number of ether oxygens (including phenoxy) is 3. The fourth-order valence-electron chi connectivity index (χ4n) is 3.36. The Morgan fingerprint density at radius 2 is 1.76 bits per heavy atom. The smallest absolute Gasteiger partial charge is 0.410 e. The molecule has 0 saturated carbocycles. The van der Waals surface area contributed by atoms with E-state index in [1.807, 2.05) is 30.3 Å². The van der Waals surface area contributed by atoms with Crippen LogP contribution >= 0.6 is 0 Å². The van der Waals surface area contributed by atoms with Crippen molar-refractivity contribution < 1.29 is 44.2 Å². The van der Waals surface area contributed by atoms with Crippen LogP contribution in [0.1, 0.15) is 18.4 Å². The lowest BCUT2D eigenvalue weighted by Gasteiger charge is -2.38. The Hall–Kier alpha value is -2.24. The first kappa shape index (κ1) is 21.5. The molecule has 0 spiro atoms. The van der Waals surface area contributed by atoms with Crippen LogP contribution < -0.4 is 0 Å². The Labute approximate surface area is 167 Å². The van der Waals surface area contributed by atoms with Crippen molar-refractivity contribution in [1.29, 1.82) is 0 Å². The molecule has 1 aromatic rings. The third kappa shape index (κ3) is 5.03. The highest BCUT2D eigenvalue weighted by molar-refractivity contribution is 5.82. The van der Waals surface area contributed by atoms with Crippen molar-refractivity contribution >= 4 is 12.1 Å². The molecule has 0 radical (unpaired) electrons. The zero-order valence-corrected chi connectivity index (χ0v) is 15.7. The number of rotatable bonds is 5. The minimum atomic E-state index is -1.71. The maximum atomic E-state index is 12.4. The van der Waals surface area contributed by atoms with E-state index in [1.165, 1.54) is 4.90 Å². The number of amides is 1. The number of carbonyl (C=O) groups is 2. The van der Waals surface area contributed by atoms with Crippen LogP contribution in [0.3, 0.4) is 0 Å². The van der Waals surface area contributed by atoms with Crippen LogP contribution in [0.5, 0.6) is 0 Å². The van der Waals surface area contributed by atoms with Gasteiger partial charge in [0.15, 0.2) is 6.29 Å². The minimum absolute atomic E-state index is 0.0815. The Morgan fingerprint density at radius 1 is 1.03 bits per heavy atom. The second-order valence-corrected chi connectivity index (χ2v) is 7.06. The van der Waals surface area contributed by atoms with E-state index in [1.54, 1.807) is 0 Å². The second kappa shape index (κ2) is 9.51. The summed E-state index contributed by atoms with van der Waals surface area (Å²) in [5, 5.41) is 38.6. The summed E-state index contributed by atoms with van der Waals surface area (Å²) in [6, 6.07) is 8.31. The summed E-state index contributed by atoms with van der Waals surface area (Å²) in [5.41, 5.74) is 0.821. The standard InChI is InChI=1S/C19H25NO9/c21-14-13(29-18(25)16(23)15(14)22)10-27-17(24)12-7-4-8-20(12)19(26)28-9-11-5-2-1-3-6-11/h1-3,5-6,12-16,18,21-23,25H,4,7-10H2/t12-,13+,14+,15-,16-,18-/m0/s1. The fraction of sp³-hybridized carbons (Fsp3) is 0.579. The van der Waals surface area contributed by atoms with Gasteiger partial charge in [0.2, 0.25) is 0 Å². The molecule has 29 heavy (non-hydrogen) atoms. The van der Waals surface area contributed by atoms with Crippen LogP contribution in [0.15, 0.2) is 30.3 Å². The van der Waals surface area contributed by atoms with E-state index < -0.39 is 55.4 Å². The van der Waals surface area contributed by atoms with Gasteiger partial charge in [-0.15, -0.1) is 0 Å². The number of hydrogen-bond donors (Lipinski definition) is 4. The maximum Gasteiger partial charge on any atom is 0.410 e. The molecule has 4 N–H and O–H groups in total. The van der Waals surface area contributed by atoms with Gasteiger partial charge in [0.1, 0.15) is 43.7 Å². The van der Waals surface area contributed by atoms with E-state index in [-0.39, 0.29) is 6.61 Å². The summed E-state index contributed by atoms with van der Waals surface area (Å²) < 4.78 is 15.4. The van der Waals surface area contributed by atoms with E-state index in [9.17, 15) is 30.0 Å². The second-order valence-electron chi connectivity index (χ2n) is 7.06. The highest BCUT2D eigenvalue weighted by Crippen LogP contribution is 2.23. The van der Waals surface area contributed by atoms with Gasteiger partial charge in [-0.05, 0) is 18.4 Å². The van der Waals surface area contributed by atoms with Crippen LogP contribution in [-0.2, 0) is 25.6 Å². The fourth-order valence-corrected chi connectivity index (χ4v) is 3.36. The van der Waals surface area contributed by atoms with Gasteiger partial charge >= 0.3 is 12.1 Å². The number of benzene rings is 1. The Kier molecular flexibility index (Phi) is 7.04. The average molecular weight is 411 g/mol. The summed E-state index contributed by atoms with van der Waals surface area (Å²) in [4.78, 5) is 26.1. The lowest BCUT2D eigenvalue weighted by molar-refractivity contribution is -0.287. The molecule has 3 rings (SSSR count). The third-order valence-electron chi connectivity index (χ3n) is 5.04. The molecule has 1 aromatic carbocycles. The highest BCUT2D eigenvalue weighted by atomic mass is 16.7. The largest absolute Gasteiger partial charge is 0.461 e. The first-order chi connectivity index (χ1) is 13.9. The monoisotopic (exact) mass is 411 g/mol. The number of carbonyl (C=O) groups excluding carboxylic acids is 2. The SMILES string of the molecule is O=C(OC[C@H]1O[C@H](O)[C@@H](O)[C@@H](O)[C@@H]1O)[C@@H]1CCCN1C(=O)OCc1ccccc1. The predicted molar refractivity (Wildman–Crippen MR) is 96.2 cm³/mol. The van der Waals surface area contributed by atoms with Gasteiger partial charge in [0, 0.05) is 6.54 Å². The van der Waals surface area contributed by atoms with Crippen molar-refractivity contribution in [3.8, 4) is 0 Å². The lowest BCUT2D eigenvalue weighted by Crippen LogP contribution is -2.58. The molecule has 2 aliphatic heterocycles.